The Morgan fingerprint density at radius 3 is 1.88 bits per heavy atom. The smallest absolute Gasteiger partial charge is 0.303 e. The summed E-state index contributed by atoms with van der Waals surface area (Å²) in [6.45, 7) is 15.9. The maximum Gasteiger partial charge on any atom is 0.303 e. The molecular weight excluding hydrogens is 616 g/mol. The fraction of sp³-hybridized carbons (Fsp3) is 0.526. The lowest BCUT2D eigenvalue weighted by molar-refractivity contribution is -0.310. The van der Waals surface area contributed by atoms with E-state index in [9.17, 15) is 19.2 Å². The molecule has 2 aromatic carbocycles. The van der Waals surface area contributed by atoms with Gasteiger partial charge in [-0.15, -0.1) is 0 Å². The normalized spacial score (nSPS) is 24.5. The summed E-state index contributed by atoms with van der Waals surface area (Å²) in [7, 11) is 0. The molecule has 2 aromatic rings. The molecule has 0 spiro atoms. The molecule has 48 heavy (non-hydrogen) atoms. The molecule has 0 aromatic heterocycles. The Bertz CT molecular complexity index is 1540. The van der Waals surface area contributed by atoms with Crippen LogP contribution in [0.1, 0.15) is 103 Å². The van der Waals surface area contributed by atoms with Gasteiger partial charge in [-0.05, 0) is 64.0 Å². The first-order valence-electron chi connectivity index (χ1n) is 16.3. The van der Waals surface area contributed by atoms with Crippen LogP contribution in [-0.4, -0.2) is 61.2 Å². The SMILES string of the molecule is CC(=O)OC[C@H]1O[C@H](OCc2ccc(C=C(C)c3ccc4c(c3)C(C)(C)CCC4(C)C)cc2)[C@H](OC(C)=O)[C@@H](OC(C)=O)[C@@H]1OC(C)=O. The van der Waals surface area contributed by atoms with Gasteiger partial charge in [0.25, 0.3) is 0 Å². The van der Waals surface area contributed by atoms with Gasteiger partial charge >= 0.3 is 23.9 Å². The molecule has 5 atom stereocenters. The number of fused-ring (bicyclic) bond motifs is 1. The van der Waals surface area contributed by atoms with Crippen LogP contribution >= 0.6 is 0 Å². The van der Waals surface area contributed by atoms with Crippen molar-refractivity contribution in [1.82, 2.24) is 0 Å². The van der Waals surface area contributed by atoms with E-state index in [0.717, 1.165) is 23.1 Å². The second-order valence-electron chi connectivity index (χ2n) is 14.0. The number of hydrogen-bond acceptors (Lipinski definition) is 10. The lowest BCUT2D eigenvalue weighted by atomic mass is 9.63. The minimum Gasteiger partial charge on any atom is -0.463 e. The Kier molecular flexibility index (Phi) is 11.5. The van der Waals surface area contributed by atoms with Gasteiger partial charge in [0, 0.05) is 27.7 Å². The van der Waals surface area contributed by atoms with Crippen molar-refractivity contribution in [3.63, 3.8) is 0 Å². The third-order valence-electron chi connectivity index (χ3n) is 9.03. The minimum absolute atomic E-state index is 0.0480. The highest BCUT2D eigenvalue weighted by molar-refractivity contribution is 5.81. The Labute approximate surface area is 283 Å². The Hall–Kier alpha value is -4.02. The number of carbonyl (C=O) groups excluding carboxylic acids is 4. The first kappa shape index (κ1) is 36.8. The molecule has 1 aliphatic heterocycles. The van der Waals surface area contributed by atoms with Crippen molar-refractivity contribution in [3.05, 3.63) is 70.3 Å². The van der Waals surface area contributed by atoms with E-state index in [1.165, 1.54) is 50.8 Å². The van der Waals surface area contributed by atoms with Gasteiger partial charge in [0.1, 0.15) is 12.7 Å². The highest BCUT2D eigenvalue weighted by Gasteiger charge is 2.52. The minimum atomic E-state index is -1.29. The number of ether oxygens (including phenoxy) is 6. The van der Waals surface area contributed by atoms with Gasteiger partial charge < -0.3 is 28.4 Å². The average molecular weight is 665 g/mol. The van der Waals surface area contributed by atoms with E-state index in [1.807, 2.05) is 24.3 Å². The van der Waals surface area contributed by atoms with E-state index in [-0.39, 0.29) is 24.0 Å². The Balaban J connectivity index is 1.53. The second kappa shape index (κ2) is 15.0. The lowest BCUT2D eigenvalue weighted by Gasteiger charge is -2.44. The first-order chi connectivity index (χ1) is 22.5. The maximum absolute atomic E-state index is 12.1. The average Bonchev–Trinajstić information content (AvgIpc) is 3.00. The van der Waals surface area contributed by atoms with E-state index in [1.54, 1.807) is 0 Å². The van der Waals surface area contributed by atoms with Crippen molar-refractivity contribution in [3.8, 4) is 0 Å². The van der Waals surface area contributed by atoms with Crippen LogP contribution < -0.4 is 0 Å². The quantitative estimate of drug-likeness (QED) is 0.165. The third kappa shape index (κ3) is 9.11. The summed E-state index contributed by atoms with van der Waals surface area (Å²) in [5.41, 5.74) is 7.29. The number of rotatable bonds is 10. The second-order valence-corrected chi connectivity index (χ2v) is 14.0. The fourth-order valence-electron chi connectivity index (χ4n) is 6.38. The monoisotopic (exact) mass is 664 g/mol. The molecule has 0 N–H and O–H groups in total. The third-order valence-corrected chi connectivity index (χ3v) is 9.03. The number of esters is 4. The molecule has 10 heteroatoms. The van der Waals surface area contributed by atoms with Gasteiger partial charge in [0.15, 0.2) is 24.6 Å². The summed E-state index contributed by atoms with van der Waals surface area (Å²) in [6.07, 6.45) is -1.65. The first-order valence-corrected chi connectivity index (χ1v) is 16.3. The number of allylic oxidation sites excluding steroid dienone is 1. The highest BCUT2D eigenvalue weighted by Crippen LogP contribution is 2.46. The van der Waals surface area contributed by atoms with E-state index in [0.29, 0.717) is 0 Å². The van der Waals surface area contributed by atoms with Crippen LogP contribution in [-0.2, 0) is 65.0 Å². The molecule has 1 fully saturated rings. The van der Waals surface area contributed by atoms with Crippen LogP contribution in [0.3, 0.4) is 0 Å². The van der Waals surface area contributed by atoms with Gasteiger partial charge in [-0.2, -0.15) is 0 Å². The van der Waals surface area contributed by atoms with E-state index in [4.69, 9.17) is 28.4 Å². The Morgan fingerprint density at radius 2 is 1.29 bits per heavy atom. The standard InChI is InChI=1S/C38H48O10/c1-22(29-14-15-30-31(19-29)38(8,9)17-16-37(30,6)7)18-27-10-12-28(13-11-27)20-44-36-35(47-26(5)42)34(46-25(4)41)33(45-24(3)40)32(48-36)21-43-23(2)39/h10-15,18-19,32-36H,16-17,20-21H2,1-9H3/t32-,33-,34+,35-,36+/m1/s1. The molecule has 0 amide bonds. The summed E-state index contributed by atoms with van der Waals surface area (Å²) < 4.78 is 33.6. The van der Waals surface area contributed by atoms with Crippen molar-refractivity contribution < 1.29 is 47.6 Å². The van der Waals surface area contributed by atoms with Crippen molar-refractivity contribution >= 4 is 35.5 Å². The van der Waals surface area contributed by atoms with Gasteiger partial charge in [-0.3, -0.25) is 19.2 Å². The van der Waals surface area contributed by atoms with Crippen molar-refractivity contribution in [1.29, 1.82) is 0 Å². The summed E-state index contributed by atoms with van der Waals surface area (Å²) in [5.74, 6) is -2.68. The molecule has 1 saturated heterocycles. The molecule has 0 saturated carbocycles. The molecule has 1 aliphatic carbocycles. The molecule has 260 valence electrons. The number of hydrogen-bond donors (Lipinski definition) is 0. The van der Waals surface area contributed by atoms with E-state index in [2.05, 4.69) is 58.9 Å². The van der Waals surface area contributed by atoms with Crippen LogP contribution in [0, 0.1) is 0 Å². The Morgan fingerprint density at radius 1 is 0.729 bits per heavy atom. The van der Waals surface area contributed by atoms with Gasteiger partial charge in [0.2, 0.25) is 0 Å². The molecule has 2 aliphatic rings. The zero-order chi connectivity index (χ0) is 35.4. The largest absolute Gasteiger partial charge is 0.463 e. The zero-order valence-corrected chi connectivity index (χ0v) is 29.4. The topological polar surface area (TPSA) is 124 Å². The molecule has 0 radical (unpaired) electrons. The van der Waals surface area contributed by atoms with Gasteiger partial charge in [0.05, 0.1) is 6.61 Å². The van der Waals surface area contributed by atoms with Crippen LogP contribution in [0.5, 0.6) is 0 Å². The molecule has 10 nitrogen and oxygen atoms in total. The van der Waals surface area contributed by atoms with E-state index < -0.39 is 54.6 Å². The molecule has 0 unspecified atom stereocenters. The van der Waals surface area contributed by atoms with Crippen LogP contribution in [0.15, 0.2) is 42.5 Å². The van der Waals surface area contributed by atoms with Crippen molar-refractivity contribution in [2.45, 2.75) is 123 Å². The van der Waals surface area contributed by atoms with Crippen molar-refractivity contribution in [2.24, 2.45) is 0 Å². The zero-order valence-electron chi connectivity index (χ0n) is 29.4. The van der Waals surface area contributed by atoms with E-state index >= 15 is 0 Å². The molecular formula is C38H48O10. The maximum atomic E-state index is 12.1. The van der Waals surface area contributed by atoms with Gasteiger partial charge in [-0.25, -0.2) is 0 Å². The summed E-state index contributed by atoms with van der Waals surface area (Å²) in [6, 6.07) is 14.7. The van der Waals surface area contributed by atoms with Crippen molar-refractivity contribution in [2.75, 3.05) is 6.61 Å². The highest BCUT2D eigenvalue weighted by atomic mass is 16.7. The predicted molar refractivity (Wildman–Crippen MR) is 178 cm³/mol. The molecule has 4 rings (SSSR count). The van der Waals surface area contributed by atoms with Gasteiger partial charge in [-0.1, -0.05) is 76.2 Å². The number of carbonyl (C=O) groups is 4. The lowest BCUT2D eigenvalue weighted by Crippen LogP contribution is -2.62. The van der Waals surface area contributed by atoms with Crippen LogP contribution in [0.4, 0.5) is 0 Å². The predicted octanol–water partition coefficient (Wildman–Crippen LogP) is 6.20. The van der Waals surface area contributed by atoms with Crippen LogP contribution in [0.25, 0.3) is 11.6 Å². The summed E-state index contributed by atoms with van der Waals surface area (Å²) in [5, 5.41) is 0. The summed E-state index contributed by atoms with van der Waals surface area (Å²) in [4.78, 5) is 47.7. The number of benzene rings is 2. The van der Waals surface area contributed by atoms with Crippen LogP contribution in [0.2, 0.25) is 0 Å². The molecule has 0 bridgehead atoms. The summed E-state index contributed by atoms with van der Waals surface area (Å²) >= 11 is 0. The molecule has 1 heterocycles. The fourth-order valence-corrected chi connectivity index (χ4v) is 6.38.